The number of hydrogen-bond acceptors (Lipinski definition) is 3. The first kappa shape index (κ1) is 14.4. The van der Waals surface area contributed by atoms with Crippen molar-refractivity contribution in [2.45, 2.75) is 26.3 Å². The van der Waals surface area contributed by atoms with Gasteiger partial charge in [0.15, 0.2) is 0 Å². The molecule has 0 fully saturated rings. The number of aliphatic carboxylic acids is 1. The molecule has 0 aromatic carbocycles. The monoisotopic (exact) mass is 267 g/mol. The second-order valence-electron chi connectivity index (χ2n) is 4.38. The van der Waals surface area contributed by atoms with E-state index in [2.05, 4.69) is 5.32 Å². The molecule has 0 aliphatic heterocycles. The molecule has 1 aromatic heterocycles. The summed E-state index contributed by atoms with van der Waals surface area (Å²) in [5, 5.41) is 13.4. The largest absolute Gasteiger partial charge is 0.480 e. The Hall–Kier alpha value is -1.62. The van der Waals surface area contributed by atoms with Crippen LogP contribution in [0.25, 0.3) is 6.08 Å². The van der Waals surface area contributed by atoms with E-state index in [1.54, 1.807) is 6.08 Å². The Morgan fingerprint density at radius 3 is 2.72 bits per heavy atom. The van der Waals surface area contributed by atoms with E-state index in [-0.39, 0.29) is 11.8 Å². The van der Waals surface area contributed by atoms with Crippen molar-refractivity contribution in [2.24, 2.45) is 5.92 Å². The molecule has 98 valence electrons. The van der Waals surface area contributed by atoms with Gasteiger partial charge >= 0.3 is 5.97 Å². The van der Waals surface area contributed by atoms with Gasteiger partial charge in [0.25, 0.3) is 0 Å². The molecule has 1 unspecified atom stereocenters. The second-order valence-corrected chi connectivity index (χ2v) is 5.36. The normalized spacial score (nSPS) is 12.8. The highest BCUT2D eigenvalue weighted by Crippen LogP contribution is 2.10. The van der Waals surface area contributed by atoms with Gasteiger partial charge in [0.2, 0.25) is 5.91 Å². The SMILES string of the molecule is CC(C)CC(NC(=O)/C=C/c1cccs1)C(=O)O. The van der Waals surface area contributed by atoms with E-state index in [0.717, 1.165) is 4.88 Å². The Labute approximate surface area is 110 Å². The van der Waals surface area contributed by atoms with Crippen LogP contribution in [0, 0.1) is 5.92 Å². The molecule has 1 rings (SSSR count). The molecule has 5 heteroatoms. The van der Waals surface area contributed by atoms with Gasteiger partial charge in [-0.1, -0.05) is 19.9 Å². The van der Waals surface area contributed by atoms with E-state index in [0.29, 0.717) is 6.42 Å². The van der Waals surface area contributed by atoms with Gasteiger partial charge in [-0.2, -0.15) is 0 Å². The van der Waals surface area contributed by atoms with Gasteiger partial charge < -0.3 is 10.4 Å². The van der Waals surface area contributed by atoms with Crippen LogP contribution in [0.3, 0.4) is 0 Å². The lowest BCUT2D eigenvalue weighted by Crippen LogP contribution is -2.40. The summed E-state index contributed by atoms with van der Waals surface area (Å²) in [6.07, 6.45) is 3.46. The fourth-order valence-electron chi connectivity index (χ4n) is 1.46. The molecule has 0 radical (unpaired) electrons. The van der Waals surface area contributed by atoms with Crippen LogP contribution in [-0.2, 0) is 9.59 Å². The average molecular weight is 267 g/mol. The number of nitrogens with one attached hydrogen (secondary N) is 1. The molecule has 1 atom stereocenters. The lowest BCUT2D eigenvalue weighted by atomic mass is 10.0. The lowest BCUT2D eigenvalue weighted by Gasteiger charge is -2.15. The minimum absolute atomic E-state index is 0.215. The molecule has 0 saturated carbocycles. The van der Waals surface area contributed by atoms with Gasteiger partial charge in [0, 0.05) is 11.0 Å². The topological polar surface area (TPSA) is 66.4 Å². The summed E-state index contributed by atoms with van der Waals surface area (Å²) < 4.78 is 0. The molecule has 0 bridgehead atoms. The molecule has 1 amide bonds. The minimum Gasteiger partial charge on any atom is -0.480 e. The number of carboxylic acid groups (broad SMARTS) is 1. The number of amides is 1. The molecular formula is C13H17NO3S. The van der Waals surface area contributed by atoms with Crippen LogP contribution in [0.1, 0.15) is 25.1 Å². The maximum absolute atomic E-state index is 11.6. The van der Waals surface area contributed by atoms with Crippen LogP contribution in [0.4, 0.5) is 0 Å². The van der Waals surface area contributed by atoms with Crippen molar-refractivity contribution in [3.63, 3.8) is 0 Å². The molecule has 1 aromatic rings. The van der Waals surface area contributed by atoms with E-state index in [1.165, 1.54) is 17.4 Å². The third-order valence-corrected chi connectivity index (χ3v) is 3.10. The average Bonchev–Trinajstić information content (AvgIpc) is 2.77. The Balaban J connectivity index is 2.53. The minimum atomic E-state index is -0.999. The second kappa shape index (κ2) is 6.96. The highest BCUT2D eigenvalue weighted by molar-refractivity contribution is 7.10. The van der Waals surface area contributed by atoms with Crippen molar-refractivity contribution in [3.8, 4) is 0 Å². The molecule has 4 nitrogen and oxygen atoms in total. The summed E-state index contributed by atoms with van der Waals surface area (Å²) in [6.45, 7) is 3.84. The highest BCUT2D eigenvalue weighted by Gasteiger charge is 2.19. The maximum atomic E-state index is 11.6. The van der Waals surface area contributed by atoms with Crippen LogP contribution in [0.15, 0.2) is 23.6 Å². The van der Waals surface area contributed by atoms with Crippen molar-refractivity contribution in [3.05, 3.63) is 28.5 Å². The van der Waals surface area contributed by atoms with E-state index >= 15 is 0 Å². The smallest absolute Gasteiger partial charge is 0.326 e. The maximum Gasteiger partial charge on any atom is 0.326 e. The standard InChI is InChI=1S/C13H17NO3S/c1-9(2)8-11(13(16)17)14-12(15)6-5-10-4-3-7-18-10/h3-7,9,11H,8H2,1-2H3,(H,14,15)(H,16,17)/b6-5+. The van der Waals surface area contributed by atoms with Gasteiger partial charge in [0.05, 0.1) is 0 Å². The number of carboxylic acids is 1. The first-order valence-corrected chi connectivity index (χ1v) is 6.62. The summed E-state index contributed by atoms with van der Waals surface area (Å²) in [5.74, 6) is -1.16. The van der Waals surface area contributed by atoms with Crippen molar-refractivity contribution in [2.75, 3.05) is 0 Å². The van der Waals surface area contributed by atoms with Crippen molar-refractivity contribution in [1.29, 1.82) is 0 Å². The third-order valence-electron chi connectivity index (χ3n) is 2.26. The number of thiophene rings is 1. The highest BCUT2D eigenvalue weighted by atomic mass is 32.1. The van der Waals surface area contributed by atoms with E-state index in [9.17, 15) is 9.59 Å². The zero-order chi connectivity index (χ0) is 13.5. The molecule has 0 saturated heterocycles. The van der Waals surface area contributed by atoms with Gasteiger partial charge in [-0.05, 0) is 29.9 Å². The van der Waals surface area contributed by atoms with Crippen LogP contribution in [0.2, 0.25) is 0 Å². The Kier molecular flexibility index (Phi) is 5.58. The van der Waals surface area contributed by atoms with E-state index in [4.69, 9.17) is 5.11 Å². The van der Waals surface area contributed by atoms with Crippen molar-refractivity contribution < 1.29 is 14.7 Å². The fourth-order valence-corrected chi connectivity index (χ4v) is 2.07. The first-order valence-electron chi connectivity index (χ1n) is 5.74. The zero-order valence-electron chi connectivity index (χ0n) is 10.4. The van der Waals surface area contributed by atoms with Gasteiger partial charge in [-0.3, -0.25) is 4.79 Å². The van der Waals surface area contributed by atoms with Crippen molar-refractivity contribution in [1.82, 2.24) is 5.32 Å². The number of carbonyl (C=O) groups excluding carboxylic acids is 1. The fraction of sp³-hybridized carbons (Fsp3) is 0.385. The Morgan fingerprint density at radius 1 is 1.50 bits per heavy atom. The lowest BCUT2D eigenvalue weighted by molar-refractivity contribution is -0.141. The van der Waals surface area contributed by atoms with E-state index < -0.39 is 12.0 Å². The summed E-state index contributed by atoms with van der Waals surface area (Å²) in [6, 6.07) is 2.95. The van der Waals surface area contributed by atoms with Crippen LogP contribution < -0.4 is 5.32 Å². The first-order chi connectivity index (χ1) is 8.49. The molecular weight excluding hydrogens is 250 g/mol. The third kappa shape index (κ3) is 5.14. The van der Waals surface area contributed by atoms with Gasteiger partial charge in [-0.25, -0.2) is 4.79 Å². The molecule has 0 spiro atoms. The summed E-state index contributed by atoms with van der Waals surface area (Å²) in [4.78, 5) is 23.5. The van der Waals surface area contributed by atoms with Gasteiger partial charge in [0.1, 0.15) is 6.04 Å². The zero-order valence-corrected chi connectivity index (χ0v) is 11.2. The van der Waals surface area contributed by atoms with Crippen molar-refractivity contribution >= 4 is 29.3 Å². The molecule has 1 heterocycles. The predicted octanol–water partition coefficient (Wildman–Crippen LogP) is 2.38. The Bertz CT molecular complexity index is 423. The molecule has 18 heavy (non-hydrogen) atoms. The summed E-state index contributed by atoms with van der Waals surface area (Å²) in [7, 11) is 0. The van der Waals surface area contributed by atoms with Gasteiger partial charge in [-0.15, -0.1) is 11.3 Å². The molecule has 0 aliphatic rings. The quantitative estimate of drug-likeness (QED) is 0.778. The summed E-state index contributed by atoms with van der Waals surface area (Å²) >= 11 is 1.52. The molecule has 0 aliphatic carbocycles. The van der Waals surface area contributed by atoms with Crippen LogP contribution in [-0.4, -0.2) is 23.0 Å². The predicted molar refractivity (Wildman–Crippen MR) is 72.4 cm³/mol. The summed E-state index contributed by atoms with van der Waals surface area (Å²) in [5.41, 5.74) is 0. The van der Waals surface area contributed by atoms with Crippen LogP contribution in [0.5, 0.6) is 0 Å². The number of carbonyl (C=O) groups is 2. The van der Waals surface area contributed by atoms with E-state index in [1.807, 2.05) is 31.4 Å². The Morgan fingerprint density at radius 2 is 2.22 bits per heavy atom. The number of hydrogen-bond donors (Lipinski definition) is 2. The van der Waals surface area contributed by atoms with Crippen LogP contribution >= 0.6 is 11.3 Å². The number of rotatable bonds is 6. The molecule has 2 N–H and O–H groups in total.